The highest BCUT2D eigenvalue weighted by molar-refractivity contribution is 5.65. The minimum Gasteiger partial charge on any atom is -0.495 e. The lowest BCUT2D eigenvalue weighted by atomic mass is 9.89. The number of hydrogen-bond acceptors (Lipinski definition) is 1. The molecule has 1 heterocycles. The molecule has 0 radical (unpaired) electrons. The summed E-state index contributed by atoms with van der Waals surface area (Å²) in [4.78, 5) is 0. The third-order valence-corrected chi connectivity index (χ3v) is 3.43. The predicted molar refractivity (Wildman–Crippen MR) is 63.4 cm³/mol. The molecule has 0 spiro atoms. The molecule has 1 aromatic rings. The van der Waals surface area contributed by atoms with Gasteiger partial charge >= 0.3 is 0 Å². The smallest absolute Gasteiger partial charge is 0.133 e. The van der Waals surface area contributed by atoms with Crippen LogP contribution in [-0.4, -0.2) is 5.60 Å². The lowest BCUT2D eigenvalue weighted by Crippen LogP contribution is -2.28. The maximum absolute atomic E-state index is 13.6. The van der Waals surface area contributed by atoms with Crippen molar-refractivity contribution in [1.29, 1.82) is 0 Å². The molecule has 0 fully saturated rings. The Morgan fingerprint density at radius 1 is 1.35 bits per heavy atom. The predicted octanol–water partition coefficient (Wildman–Crippen LogP) is 4.28. The highest BCUT2D eigenvalue weighted by Gasteiger charge is 2.27. The second kappa shape index (κ2) is 4.47. The van der Waals surface area contributed by atoms with Crippen LogP contribution in [0.2, 0.25) is 0 Å². The molecule has 0 aliphatic carbocycles. The van der Waals surface area contributed by atoms with Crippen LogP contribution in [0.5, 0.6) is 0 Å². The Hall–Kier alpha value is -1.38. The molecule has 2 rings (SSSR count). The summed E-state index contributed by atoms with van der Waals surface area (Å²) in [5.74, 6) is -1.08. The summed E-state index contributed by atoms with van der Waals surface area (Å²) in [6, 6.07) is 3.64. The first-order chi connectivity index (χ1) is 8.04. The van der Waals surface area contributed by atoms with Gasteiger partial charge in [0.2, 0.25) is 0 Å². The number of ether oxygens (including phenoxy) is 1. The number of hydrogen-bond donors (Lipinski definition) is 0. The maximum atomic E-state index is 13.6. The molecule has 0 amide bonds. The molecule has 0 bridgehead atoms. The molecular formula is C14H16F2O. The summed E-state index contributed by atoms with van der Waals surface area (Å²) in [7, 11) is 0. The molecule has 1 unspecified atom stereocenters. The van der Waals surface area contributed by atoms with E-state index in [0.717, 1.165) is 30.9 Å². The fourth-order valence-corrected chi connectivity index (χ4v) is 1.94. The minimum absolute atomic E-state index is 0.153. The van der Waals surface area contributed by atoms with Crippen molar-refractivity contribution < 1.29 is 13.5 Å². The zero-order valence-electron chi connectivity index (χ0n) is 10.1. The number of halogens is 2. The van der Waals surface area contributed by atoms with Crippen LogP contribution >= 0.6 is 0 Å². The van der Waals surface area contributed by atoms with E-state index in [9.17, 15) is 8.78 Å². The molecule has 0 N–H and O–H groups in total. The van der Waals surface area contributed by atoms with Gasteiger partial charge in [-0.2, -0.15) is 0 Å². The van der Waals surface area contributed by atoms with E-state index in [1.807, 2.05) is 6.92 Å². The highest BCUT2D eigenvalue weighted by Crippen LogP contribution is 2.34. The molecule has 1 aliphatic rings. The van der Waals surface area contributed by atoms with Gasteiger partial charge in [0.25, 0.3) is 0 Å². The average Bonchev–Trinajstić information content (AvgIpc) is 2.31. The van der Waals surface area contributed by atoms with Crippen molar-refractivity contribution in [2.75, 3.05) is 0 Å². The number of rotatable bonds is 2. The second-order valence-electron chi connectivity index (χ2n) is 4.69. The zero-order valence-corrected chi connectivity index (χ0v) is 10.1. The van der Waals surface area contributed by atoms with Crippen LogP contribution in [0.15, 0.2) is 24.5 Å². The molecule has 1 aliphatic heterocycles. The van der Waals surface area contributed by atoms with Crippen LogP contribution in [-0.2, 0) is 4.74 Å². The van der Waals surface area contributed by atoms with E-state index < -0.39 is 11.6 Å². The highest BCUT2D eigenvalue weighted by atomic mass is 19.1. The van der Waals surface area contributed by atoms with Gasteiger partial charge in [0.1, 0.15) is 17.2 Å². The van der Waals surface area contributed by atoms with Crippen LogP contribution < -0.4 is 0 Å². The van der Waals surface area contributed by atoms with Crippen molar-refractivity contribution >= 4 is 5.57 Å². The Balaban J connectivity index is 2.25. The van der Waals surface area contributed by atoms with Gasteiger partial charge in [-0.15, -0.1) is 0 Å². The van der Waals surface area contributed by atoms with E-state index in [0.29, 0.717) is 5.56 Å². The summed E-state index contributed by atoms with van der Waals surface area (Å²) in [6.07, 6.45) is 4.14. The molecule has 3 heteroatoms. The molecule has 0 aromatic heterocycles. The van der Waals surface area contributed by atoms with E-state index in [-0.39, 0.29) is 5.60 Å². The van der Waals surface area contributed by atoms with Crippen LogP contribution in [0.4, 0.5) is 8.78 Å². The van der Waals surface area contributed by atoms with E-state index >= 15 is 0 Å². The van der Waals surface area contributed by atoms with Crippen LogP contribution in [0, 0.1) is 11.6 Å². The zero-order chi connectivity index (χ0) is 12.5. The fraction of sp³-hybridized carbons (Fsp3) is 0.429. The van der Waals surface area contributed by atoms with Crippen LogP contribution in [0.3, 0.4) is 0 Å². The number of benzene rings is 1. The van der Waals surface area contributed by atoms with Crippen molar-refractivity contribution in [3.63, 3.8) is 0 Å². The Kier molecular flexibility index (Phi) is 3.18. The van der Waals surface area contributed by atoms with Gasteiger partial charge in [-0.25, -0.2) is 8.78 Å². The van der Waals surface area contributed by atoms with E-state index in [2.05, 4.69) is 6.92 Å². The minimum atomic E-state index is -0.554. The molecule has 0 saturated heterocycles. The first-order valence-electron chi connectivity index (χ1n) is 5.86. The lowest BCUT2D eigenvalue weighted by Gasteiger charge is -2.32. The molecule has 0 saturated carbocycles. The second-order valence-corrected chi connectivity index (χ2v) is 4.69. The van der Waals surface area contributed by atoms with Crippen molar-refractivity contribution in [3.8, 4) is 0 Å². The molecule has 1 atom stereocenters. The van der Waals surface area contributed by atoms with Crippen molar-refractivity contribution in [2.45, 2.75) is 38.7 Å². The van der Waals surface area contributed by atoms with Gasteiger partial charge in [0.05, 0.1) is 6.26 Å². The first kappa shape index (κ1) is 12.1. The molecular weight excluding hydrogens is 222 g/mol. The van der Waals surface area contributed by atoms with Crippen LogP contribution in [0.25, 0.3) is 5.57 Å². The Morgan fingerprint density at radius 2 is 2.12 bits per heavy atom. The quantitative estimate of drug-likeness (QED) is 0.747. The van der Waals surface area contributed by atoms with Gasteiger partial charge in [-0.1, -0.05) is 6.92 Å². The summed E-state index contributed by atoms with van der Waals surface area (Å²) in [5, 5.41) is 0. The standard InChI is InChI=1S/C14H16F2O/c1-3-14(2)7-6-10(9-17-14)12-5-4-11(15)8-13(12)16/h4-5,8-9H,3,6-7H2,1-2H3. The van der Waals surface area contributed by atoms with Crippen molar-refractivity contribution in [1.82, 2.24) is 0 Å². The summed E-state index contributed by atoms with van der Waals surface area (Å²) >= 11 is 0. The third-order valence-electron chi connectivity index (χ3n) is 3.43. The van der Waals surface area contributed by atoms with E-state index in [1.165, 1.54) is 12.1 Å². The molecule has 92 valence electrons. The van der Waals surface area contributed by atoms with Gasteiger partial charge < -0.3 is 4.74 Å². The third kappa shape index (κ3) is 2.48. The van der Waals surface area contributed by atoms with Crippen molar-refractivity contribution in [3.05, 3.63) is 41.7 Å². The fourth-order valence-electron chi connectivity index (χ4n) is 1.94. The normalized spacial score (nSPS) is 24.1. The summed E-state index contributed by atoms with van der Waals surface area (Å²) < 4.78 is 32.0. The molecule has 17 heavy (non-hydrogen) atoms. The Labute approximate surface area is 100 Å². The summed E-state index contributed by atoms with van der Waals surface area (Å²) in [6.45, 7) is 4.11. The van der Waals surface area contributed by atoms with E-state index in [4.69, 9.17) is 4.74 Å². The summed E-state index contributed by atoms with van der Waals surface area (Å²) in [5.41, 5.74) is 1.08. The average molecular weight is 238 g/mol. The van der Waals surface area contributed by atoms with Crippen molar-refractivity contribution in [2.24, 2.45) is 0 Å². The Bertz CT molecular complexity index is 454. The largest absolute Gasteiger partial charge is 0.495 e. The van der Waals surface area contributed by atoms with E-state index in [1.54, 1.807) is 6.26 Å². The molecule has 1 nitrogen and oxygen atoms in total. The lowest BCUT2D eigenvalue weighted by molar-refractivity contribution is 0.0211. The van der Waals surface area contributed by atoms with Gasteiger partial charge in [-0.05, 0) is 43.9 Å². The maximum Gasteiger partial charge on any atom is 0.133 e. The van der Waals surface area contributed by atoms with Crippen LogP contribution in [0.1, 0.15) is 38.7 Å². The molecule has 1 aromatic carbocycles. The van der Waals surface area contributed by atoms with Gasteiger partial charge in [0, 0.05) is 11.6 Å². The monoisotopic (exact) mass is 238 g/mol. The van der Waals surface area contributed by atoms with Gasteiger partial charge in [-0.3, -0.25) is 0 Å². The number of allylic oxidation sites excluding steroid dienone is 1. The topological polar surface area (TPSA) is 9.23 Å². The first-order valence-corrected chi connectivity index (χ1v) is 5.86. The Morgan fingerprint density at radius 3 is 2.65 bits per heavy atom. The van der Waals surface area contributed by atoms with Gasteiger partial charge in [0.15, 0.2) is 0 Å². The SMILES string of the molecule is CCC1(C)CCC(c2ccc(F)cc2F)=CO1.